The van der Waals surface area contributed by atoms with Gasteiger partial charge in [0.1, 0.15) is 0 Å². The standard InChI is InChI=1S/C10H8N4O2S/c11-5-8-1-3-9(4-2-8)14-17(15,16)10-6-12-7-13-10/h1-4,6-7,14H,(H,12,13). The minimum Gasteiger partial charge on any atom is -0.334 e. The second-order valence-electron chi connectivity index (χ2n) is 3.21. The van der Waals surface area contributed by atoms with Crippen LogP contribution in [0.2, 0.25) is 0 Å². The van der Waals surface area contributed by atoms with Crippen LogP contribution < -0.4 is 4.72 Å². The van der Waals surface area contributed by atoms with Crippen molar-refractivity contribution in [1.29, 1.82) is 5.26 Å². The Labute approximate surface area is 98.0 Å². The molecule has 2 N–H and O–H groups in total. The summed E-state index contributed by atoms with van der Waals surface area (Å²) in [6.45, 7) is 0. The number of H-pyrrole nitrogens is 1. The zero-order valence-electron chi connectivity index (χ0n) is 8.58. The highest BCUT2D eigenvalue weighted by atomic mass is 32.2. The number of anilines is 1. The number of benzene rings is 1. The Kier molecular flexibility index (Phi) is 2.80. The maximum Gasteiger partial charge on any atom is 0.278 e. The van der Waals surface area contributed by atoms with E-state index in [1.165, 1.54) is 36.8 Å². The molecular formula is C10H8N4O2S. The molecule has 0 saturated heterocycles. The van der Waals surface area contributed by atoms with Gasteiger partial charge < -0.3 is 4.98 Å². The fourth-order valence-corrected chi connectivity index (χ4v) is 2.18. The van der Waals surface area contributed by atoms with Gasteiger partial charge in [-0.1, -0.05) is 0 Å². The zero-order chi connectivity index (χ0) is 12.3. The zero-order valence-corrected chi connectivity index (χ0v) is 9.40. The first-order valence-electron chi connectivity index (χ1n) is 4.63. The average Bonchev–Trinajstić information content (AvgIpc) is 2.84. The summed E-state index contributed by atoms with van der Waals surface area (Å²) in [7, 11) is -3.64. The van der Waals surface area contributed by atoms with Crippen LogP contribution in [-0.2, 0) is 10.0 Å². The molecule has 0 amide bonds. The van der Waals surface area contributed by atoms with E-state index in [4.69, 9.17) is 5.26 Å². The van der Waals surface area contributed by atoms with Gasteiger partial charge in [0.2, 0.25) is 0 Å². The lowest BCUT2D eigenvalue weighted by atomic mass is 10.2. The maximum atomic E-state index is 11.8. The summed E-state index contributed by atoms with van der Waals surface area (Å²) in [6, 6.07) is 8.06. The van der Waals surface area contributed by atoms with Gasteiger partial charge in [-0.05, 0) is 24.3 Å². The first-order chi connectivity index (χ1) is 8.12. The van der Waals surface area contributed by atoms with Crippen molar-refractivity contribution in [1.82, 2.24) is 9.97 Å². The molecule has 0 fully saturated rings. The summed E-state index contributed by atoms with van der Waals surface area (Å²) in [4.78, 5) is 6.15. The number of nitrogens with one attached hydrogen (secondary N) is 2. The van der Waals surface area contributed by atoms with Crippen LogP contribution in [-0.4, -0.2) is 18.4 Å². The third-order valence-corrected chi connectivity index (χ3v) is 3.34. The van der Waals surface area contributed by atoms with Crippen LogP contribution in [0.4, 0.5) is 5.69 Å². The molecule has 0 radical (unpaired) electrons. The molecule has 0 aliphatic rings. The minimum absolute atomic E-state index is 0.0122. The lowest BCUT2D eigenvalue weighted by molar-refractivity contribution is 0.598. The van der Waals surface area contributed by atoms with Crippen LogP contribution in [0, 0.1) is 11.3 Å². The molecule has 0 bridgehead atoms. The fourth-order valence-electron chi connectivity index (χ4n) is 1.21. The molecule has 0 saturated carbocycles. The van der Waals surface area contributed by atoms with Crippen LogP contribution in [0.25, 0.3) is 0 Å². The highest BCUT2D eigenvalue weighted by Crippen LogP contribution is 2.14. The number of aromatic nitrogens is 2. The molecule has 0 unspecified atom stereocenters. The molecule has 1 aromatic heterocycles. The molecule has 0 aliphatic carbocycles. The van der Waals surface area contributed by atoms with Gasteiger partial charge in [0.25, 0.3) is 10.0 Å². The van der Waals surface area contributed by atoms with Crippen LogP contribution in [0.1, 0.15) is 5.56 Å². The smallest absolute Gasteiger partial charge is 0.278 e. The highest BCUT2D eigenvalue weighted by Gasteiger charge is 2.15. The molecule has 1 heterocycles. The summed E-state index contributed by atoms with van der Waals surface area (Å²) in [5.41, 5.74) is 0.855. The van der Waals surface area contributed by atoms with Gasteiger partial charge in [0, 0.05) is 5.69 Å². The number of imidazole rings is 1. The van der Waals surface area contributed by atoms with Crippen molar-refractivity contribution in [2.75, 3.05) is 4.72 Å². The van der Waals surface area contributed by atoms with E-state index in [0.29, 0.717) is 11.3 Å². The van der Waals surface area contributed by atoms with E-state index in [9.17, 15) is 8.42 Å². The third-order valence-electron chi connectivity index (χ3n) is 2.03. The predicted octanol–water partition coefficient (Wildman–Crippen LogP) is 1.08. The largest absolute Gasteiger partial charge is 0.334 e. The SMILES string of the molecule is N#Cc1ccc(NS(=O)(=O)c2cnc[nH]2)cc1. The van der Waals surface area contributed by atoms with Gasteiger partial charge >= 0.3 is 0 Å². The number of sulfonamides is 1. The van der Waals surface area contributed by atoms with E-state index < -0.39 is 10.0 Å². The van der Waals surface area contributed by atoms with Crippen molar-refractivity contribution in [3.05, 3.63) is 42.4 Å². The monoisotopic (exact) mass is 248 g/mol. The van der Waals surface area contributed by atoms with Crippen molar-refractivity contribution in [2.24, 2.45) is 0 Å². The molecule has 86 valence electrons. The molecule has 0 atom stereocenters. The molecule has 0 spiro atoms. The van der Waals surface area contributed by atoms with Crippen molar-refractivity contribution in [3.8, 4) is 6.07 Å². The molecule has 1 aromatic carbocycles. The van der Waals surface area contributed by atoms with Gasteiger partial charge in [-0.2, -0.15) is 13.7 Å². The Morgan fingerprint density at radius 3 is 2.53 bits per heavy atom. The molecule has 0 aliphatic heterocycles. The van der Waals surface area contributed by atoms with Crippen LogP contribution in [0.5, 0.6) is 0 Å². The number of aromatic amines is 1. The second-order valence-corrected chi connectivity index (χ2v) is 4.86. The first-order valence-corrected chi connectivity index (χ1v) is 6.11. The molecular weight excluding hydrogens is 240 g/mol. The molecule has 7 heteroatoms. The topological polar surface area (TPSA) is 98.6 Å². The molecule has 2 aromatic rings. The Morgan fingerprint density at radius 1 is 1.29 bits per heavy atom. The van der Waals surface area contributed by atoms with E-state index in [0.717, 1.165) is 0 Å². The van der Waals surface area contributed by atoms with Gasteiger partial charge in [-0.15, -0.1) is 0 Å². The van der Waals surface area contributed by atoms with E-state index in [-0.39, 0.29) is 5.03 Å². The van der Waals surface area contributed by atoms with Crippen LogP contribution in [0.3, 0.4) is 0 Å². The van der Waals surface area contributed by atoms with E-state index >= 15 is 0 Å². The number of rotatable bonds is 3. The Morgan fingerprint density at radius 2 is 2.00 bits per heavy atom. The Balaban J connectivity index is 2.24. The van der Waals surface area contributed by atoms with Crippen molar-refractivity contribution in [2.45, 2.75) is 5.03 Å². The van der Waals surface area contributed by atoms with Gasteiger partial charge in [-0.25, -0.2) is 4.98 Å². The molecule has 2 rings (SSSR count). The van der Waals surface area contributed by atoms with Crippen molar-refractivity contribution in [3.63, 3.8) is 0 Å². The lowest BCUT2D eigenvalue weighted by Crippen LogP contribution is -2.13. The molecule has 6 nitrogen and oxygen atoms in total. The number of nitriles is 1. The summed E-state index contributed by atoms with van der Waals surface area (Å²) >= 11 is 0. The highest BCUT2D eigenvalue weighted by molar-refractivity contribution is 7.92. The summed E-state index contributed by atoms with van der Waals surface area (Å²) in [5.74, 6) is 0. The van der Waals surface area contributed by atoms with Crippen molar-refractivity contribution >= 4 is 15.7 Å². The number of nitrogens with zero attached hydrogens (tertiary/aromatic N) is 2. The van der Waals surface area contributed by atoms with Gasteiger partial charge in [0.05, 0.1) is 24.2 Å². The number of hydrogen-bond acceptors (Lipinski definition) is 4. The minimum atomic E-state index is -3.64. The average molecular weight is 248 g/mol. The third kappa shape index (κ3) is 2.43. The van der Waals surface area contributed by atoms with E-state index in [1.807, 2.05) is 6.07 Å². The summed E-state index contributed by atoms with van der Waals surface area (Å²) in [5, 5.41) is 8.60. The molecule has 17 heavy (non-hydrogen) atoms. The van der Waals surface area contributed by atoms with Gasteiger partial charge in [-0.3, -0.25) is 4.72 Å². The van der Waals surface area contributed by atoms with Crippen molar-refractivity contribution < 1.29 is 8.42 Å². The Bertz CT molecular complexity index is 639. The normalized spacial score (nSPS) is 10.8. The summed E-state index contributed by atoms with van der Waals surface area (Å²) in [6.07, 6.45) is 2.50. The predicted molar refractivity (Wildman–Crippen MR) is 60.6 cm³/mol. The Hall–Kier alpha value is -2.33. The van der Waals surface area contributed by atoms with E-state index in [2.05, 4.69) is 14.7 Å². The quantitative estimate of drug-likeness (QED) is 0.849. The number of hydrogen-bond donors (Lipinski definition) is 2. The maximum absolute atomic E-state index is 11.8. The van der Waals surface area contributed by atoms with E-state index in [1.54, 1.807) is 0 Å². The lowest BCUT2D eigenvalue weighted by Gasteiger charge is -2.05. The van der Waals surface area contributed by atoms with Crippen LogP contribution in [0.15, 0.2) is 41.8 Å². The van der Waals surface area contributed by atoms with Crippen LogP contribution >= 0.6 is 0 Å². The van der Waals surface area contributed by atoms with Gasteiger partial charge in [0.15, 0.2) is 5.03 Å². The second kappa shape index (κ2) is 4.27. The first kappa shape index (κ1) is 11.2. The fraction of sp³-hybridized carbons (Fsp3) is 0. The summed E-state index contributed by atoms with van der Waals surface area (Å²) < 4.78 is 25.9.